The van der Waals surface area contributed by atoms with Crippen LogP contribution in [0.25, 0.3) is 0 Å². The number of nitrogen functional groups attached to an aromatic ring is 2. The van der Waals surface area contributed by atoms with Gasteiger partial charge in [0.1, 0.15) is 0 Å². The Bertz CT molecular complexity index is 246. The number of anilines is 1. The number of aromatic amines is 2. The van der Waals surface area contributed by atoms with Crippen molar-refractivity contribution in [2.24, 2.45) is 5.84 Å². The minimum absolute atomic E-state index is 0.378. The van der Waals surface area contributed by atoms with Gasteiger partial charge in [0, 0.05) is 0 Å². The first-order chi connectivity index (χ1) is 4.25. The van der Waals surface area contributed by atoms with Gasteiger partial charge in [0.25, 0.3) is 0 Å². The quantitative estimate of drug-likeness (QED) is 0.142. The van der Waals surface area contributed by atoms with Gasteiger partial charge in [-0.05, 0) is 12.2 Å². The fraction of sp³-hybridized carbons (Fsp3) is 0. The molecule has 0 spiro atoms. The van der Waals surface area contributed by atoms with Crippen LogP contribution in [-0.4, -0.2) is 10.2 Å². The third kappa shape index (κ3) is 0.864. The molecule has 0 aliphatic carbocycles. The van der Waals surface area contributed by atoms with Gasteiger partial charge in [0.2, 0.25) is 0 Å². The molecule has 0 aromatic carbocycles. The Morgan fingerprint density at radius 3 is 2.44 bits per heavy atom. The van der Waals surface area contributed by atoms with Crippen LogP contribution >= 0.6 is 12.2 Å². The highest BCUT2D eigenvalue weighted by Crippen LogP contribution is 1.82. The number of nitrogens with two attached hydrogens (primary N) is 2. The van der Waals surface area contributed by atoms with Gasteiger partial charge < -0.3 is 0 Å². The number of rotatable bonds is 1. The molecule has 1 aromatic rings. The second-order valence-corrected chi connectivity index (χ2v) is 1.80. The van der Waals surface area contributed by atoms with Gasteiger partial charge in [0.15, 0.2) is 0 Å². The van der Waals surface area contributed by atoms with Crippen molar-refractivity contribution in [3.63, 3.8) is 0 Å². The fourth-order valence-corrected chi connectivity index (χ4v) is 0.583. The fourth-order valence-electron chi connectivity index (χ4n) is 0.440. The lowest BCUT2D eigenvalue weighted by molar-refractivity contribution is -0.631. The van der Waals surface area contributed by atoms with E-state index in [0.717, 1.165) is 0 Å². The zero-order chi connectivity index (χ0) is 6.85. The number of nitrogens with one attached hydrogen (secondary N) is 3. The van der Waals surface area contributed by atoms with Crippen LogP contribution in [0.15, 0.2) is 0 Å². The van der Waals surface area contributed by atoms with Crippen molar-refractivity contribution in [3.8, 4) is 0 Å². The smallest absolute Gasteiger partial charge is 0.298 e. The van der Waals surface area contributed by atoms with Crippen molar-refractivity contribution in [2.75, 3.05) is 11.3 Å². The molecule has 0 saturated heterocycles. The van der Waals surface area contributed by atoms with Crippen LogP contribution in [-0.2, 0) is 0 Å². The van der Waals surface area contributed by atoms with Gasteiger partial charge in [-0.25, -0.2) is 11.3 Å². The predicted molar refractivity (Wildman–Crippen MR) is 34.1 cm³/mol. The molecule has 7 heteroatoms. The molecule has 1 rings (SSSR count). The maximum absolute atomic E-state index is 5.32. The second kappa shape index (κ2) is 2.03. The number of aromatic nitrogens is 3. The average molecular weight is 147 g/mol. The summed E-state index contributed by atoms with van der Waals surface area (Å²) in [6, 6.07) is 0. The van der Waals surface area contributed by atoms with E-state index in [4.69, 9.17) is 23.9 Å². The van der Waals surface area contributed by atoms with Crippen LogP contribution in [0, 0.1) is 4.77 Å². The normalized spacial score (nSPS) is 9.44. The predicted octanol–water partition coefficient (Wildman–Crippen LogP) is -1.64. The molecule has 0 aliphatic heterocycles. The van der Waals surface area contributed by atoms with Crippen molar-refractivity contribution >= 4 is 18.2 Å². The third-order valence-corrected chi connectivity index (χ3v) is 1.18. The second-order valence-electron chi connectivity index (χ2n) is 1.42. The molecule has 50 valence electrons. The lowest BCUT2D eigenvalue weighted by Gasteiger charge is -1.86. The highest BCUT2D eigenvalue weighted by molar-refractivity contribution is 7.71. The van der Waals surface area contributed by atoms with Crippen LogP contribution in [0.1, 0.15) is 0 Å². The largest absolute Gasteiger partial charge is 0.378 e. The Balaban J connectivity index is 3.20. The lowest BCUT2D eigenvalue weighted by atomic mass is 11.1. The van der Waals surface area contributed by atoms with Crippen LogP contribution in [0.4, 0.5) is 5.95 Å². The Hall–Kier alpha value is -1.08. The van der Waals surface area contributed by atoms with E-state index in [1.165, 1.54) is 4.68 Å². The SMILES string of the molecule is NNc1[nH][nH]c(=S)[n+]1N. The van der Waals surface area contributed by atoms with Gasteiger partial charge in [0.05, 0.1) is 0 Å². The molecule has 0 saturated carbocycles. The van der Waals surface area contributed by atoms with Crippen molar-refractivity contribution in [3.05, 3.63) is 4.77 Å². The molecule has 0 bridgehead atoms. The first-order valence-corrected chi connectivity index (χ1v) is 2.61. The molecule has 6 nitrogen and oxygen atoms in total. The minimum atomic E-state index is 0.378. The van der Waals surface area contributed by atoms with Crippen LogP contribution in [0.5, 0.6) is 0 Å². The Kier molecular flexibility index (Phi) is 1.37. The monoisotopic (exact) mass is 147 g/mol. The first kappa shape index (κ1) is 6.05. The van der Waals surface area contributed by atoms with Crippen molar-refractivity contribution < 1.29 is 4.68 Å². The topological polar surface area (TPSA) is 99.5 Å². The molecule has 0 unspecified atom stereocenters. The molecule has 0 atom stereocenters. The molecule has 0 aliphatic rings. The molecule has 9 heavy (non-hydrogen) atoms. The molecular weight excluding hydrogens is 140 g/mol. The average Bonchev–Trinajstić information content (AvgIpc) is 2.15. The zero-order valence-electron chi connectivity index (χ0n) is 4.51. The molecule has 7 N–H and O–H groups in total. The number of hydrogen-bond acceptors (Lipinski definition) is 4. The van der Waals surface area contributed by atoms with Gasteiger partial charge in [-0.15, -0.1) is 4.68 Å². The number of H-pyrrole nitrogens is 2. The summed E-state index contributed by atoms with van der Waals surface area (Å²) in [4.78, 5) is 0. The lowest BCUT2D eigenvalue weighted by Crippen LogP contribution is -2.47. The summed E-state index contributed by atoms with van der Waals surface area (Å²) in [6.45, 7) is 0. The Morgan fingerprint density at radius 2 is 2.22 bits per heavy atom. The molecular formula is C2H7N6S+. The van der Waals surface area contributed by atoms with E-state index in [9.17, 15) is 0 Å². The van der Waals surface area contributed by atoms with Gasteiger partial charge in [-0.2, -0.15) is 10.2 Å². The molecule has 0 radical (unpaired) electrons. The summed E-state index contributed by atoms with van der Waals surface area (Å²) >= 11 is 4.70. The summed E-state index contributed by atoms with van der Waals surface area (Å²) in [7, 11) is 0. The zero-order valence-corrected chi connectivity index (χ0v) is 5.33. The van der Waals surface area contributed by atoms with E-state index < -0.39 is 0 Å². The van der Waals surface area contributed by atoms with Crippen molar-refractivity contribution in [1.29, 1.82) is 0 Å². The van der Waals surface area contributed by atoms with Crippen molar-refractivity contribution in [1.82, 2.24) is 10.2 Å². The Morgan fingerprint density at radius 1 is 1.56 bits per heavy atom. The molecule has 1 aromatic heterocycles. The summed E-state index contributed by atoms with van der Waals surface area (Å²) in [5.41, 5.74) is 2.30. The number of hydrazine groups is 1. The van der Waals surface area contributed by atoms with Gasteiger partial charge >= 0.3 is 10.7 Å². The van der Waals surface area contributed by atoms with Crippen LogP contribution in [0.2, 0.25) is 0 Å². The summed E-state index contributed by atoms with van der Waals surface area (Å²) in [5.74, 6) is 10.8. The molecule has 1 heterocycles. The maximum atomic E-state index is 5.32. The standard InChI is InChI=1S/C2H6N6S/c3-5-1-6-7-2(9)8(1)4/h3-4H2,(H2,5,6,7,9)/p+1. The molecule has 0 amide bonds. The Labute approximate surface area is 55.8 Å². The van der Waals surface area contributed by atoms with Crippen LogP contribution < -0.4 is 21.8 Å². The van der Waals surface area contributed by atoms with E-state index in [1.54, 1.807) is 0 Å². The third-order valence-electron chi connectivity index (χ3n) is 0.884. The first-order valence-electron chi connectivity index (χ1n) is 2.20. The highest BCUT2D eigenvalue weighted by atomic mass is 32.1. The summed E-state index contributed by atoms with van der Waals surface area (Å²) in [6.07, 6.45) is 0. The number of hydrogen-bond donors (Lipinski definition) is 5. The van der Waals surface area contributed by atoms with Gasteiger partial charge in [-0.1, -0.05) is 0 Å². The van der Waals surface area contributed by atoms with E-state index in [-0.39, 0.29) is 0 Å². The number of nitrogens with zero attached hydrogens (tertiary/aromatic N) is 1. The van der Waals surface area contributed by atoms with Crippen molar-refractivity contribution in [2.45, 2.75) is 0 Å². The summed E-state index contributed by atoms with van der Waals surface area (Å²) in [5, 5.41) is 5.17. The van der Waals surface area contributed by atoms with Gasteiger partial charge in [-0.3, -0.25) is 5.84 Å². The van der Waals surface area contributed by atoms with E-state index in [2.05, 4.69) is 15.6 Å². The maximum Gasteiger partial charge on any atom is 0.378 e. The molecule has 0 fully saturated rings. The highest BCUT2D eigenvalue weighted by Gasteiger charge is 2.04. The minimum Gasteiger partial charge on any atom is -0.298 e. The van der Waals surface area contributed by atoms with E-state index in [0.29, 0.717) is 10.7 Å². The van der Waals surface area contributed by atoms with E-state index in [1.807, 2.05) is 0 Å². The summed E-state index contributed by atoms with van der Waals surface area (Å²) < 4.78 is 1.57. The van der Waals surface area contributed by atoms with Crippen LogP contribution in [0.3, 0.4) is 0 Å². The van der Waals surface area contributed by atoms with E-state index >= 15 is 0 Å².